The molecule has 0 fully saturated rings. The van der Waals surface area contributed by atoms with Gasteiger partial charge in [-0.1, -0.05) is 15.9 Å². The summed E-state index contributed by atoms with van der Waals surface area (Å²) in [5, 5.41) is 17.2. The van der Waals surface area contributed by atoms with Gasteiger partial charge in [-0.25, -0.2) is 0 Å². The SMILES string of the molecule is COCCCNC(=S)N/N=C/c1cc(Br)cc(Br)c1O. The van der Waals surface area contributed by atoms with Crippen LogP contribution >= 0.6 is 44.1 Å². The van der Waals surface area contributed by atoms with E-state index in [0.717, 1.165) is 10.9 Å². The quantitative estimate of drug-likeness (QED) is 0.283. The zero-order chi connectivity index (χ0) is 15.0. The van der Waals surface area contributed by atoms with Gasteiger partial charge in [0, 0.05) is 30.3 Å². The van der Waals surface area contributed by atoms with Crippen LogP contribution in [0.3, 0.4) is 0 Å². The third kappa shape index (κ3) is 6.17. The molecule has 0 aromatic heterocycles. The predicted octanol–water partition coefficient (Wildman–Crippen LogP) is 2.75. The number of methoxy groups -OCH3 is 1. The molecule has 0 aliphatic rings. The normalized spacial score (nSPS) is 10.8. The van der Waals surface area contributed by atoms with Crippen molar-refractivity contribution in [2.45, 2.75) is 6.42 Å². The molecule has 0 radical (unpaired) electrons. The molecular formula is C12H15Br2N3O2S. The highest BCUT2D eigenvalue weighted by atomic mass is 79.9. The van der Waals surface area contributed by atoms with Gasteiger partial charge in [-0.15, -0.1) is 0 Å². The third-order valence-electron chi connectivity index (χ3n) is 2.24. The van der Waals surface area contributed by atoms with Crippen LogP contribution in [0.25, 0.3) is 0 Å². The Bertz CT molecular complexity index is 498. The minimum Gasteiger partial charge on any atom is -0.506 e. The van der Waals surface area contributed by atoms with E-state index in [1.807, 2.05) is 0 Å². The van der Waals surface area contributed by atoms with E-state index >= 15 is 0 Å². The van der Waals surface area contributed by atoms with Crippen LogP contribution in [0.2, 0.25) is 0 Å². The first kappa shape index (κ1) is 17.4. The lowest BCUT2D eigenvalue weighted by atomic mass is 10.2. The zero-order valence-corrected chi connectivity index (χ0v) is 14.8. The molecule has 0 atom stereocenters. The molecule has 0 spiro atoms. The first-order valence-electron chi connectivity index (χ1n) is 5.78. The third-order valence-corrected chi connectivity index (χ3v) is 3.54. The fraction of sp³-hybridized carbons (Fsp3) is 0.333. The van der Waals surface area contributed by atoms with Crippen LogP contribution < -0.4 is 10.7 Å². The molecule has 8 heteroatoms. The van der Waals surface area contributed by atoms with Crippen LogP contribution in [-0.4, -0.2) is 36.7 Å². The number of ether oxygens (including phenoxy) is 1. The van der Waals surface area contributed by atoms with Gasteiger partial charge in [0.1, 0.15) is 5.75 Å². The molecular weight excluding hydrogens is 410 g/mol. The van der Waals surface area contributed by atoms with Crippen LogP contribution in [0.1, 0.15) is 12.0 Å². The molecule has 110 valence electrons. The number of benzene rings is 1. The Morgan fingerprint density at radius 1 is 1.50 bits per heavy atom. The molecule has 0 saturated carbocycles. The Kier molecular flexibility index (Phi) is 8.05. The summed E-state index contributed by atoms with van der Waals surface area (Å²) in [6.07, 6.45) is 2.36. The Balaban J connectivity index is 2.47. The number of aromatic hydroxyl groups is 1. The van der Waals surface area contributed by atoms with Gasteiger partial charge >= 0.3 is 0 Å². The Hall–Kier alpha value is -0.700. The zero-order valence-electron chi connectivity index (χ0n) is 10.8. The van der Waals surface area contributed by atoms with E-state index in [0.29, 0.717) is 28.3 Å². The molecule has 0 heterocycles. The lowest BCUT2D eigenvalue weighted by Gasteiger charge is -2.06. The number of nitrogens with one attached hydrogen (secondary N) is 2. The molecule has 20 heavy (non-hydrogen) atoms. The van der Waals surface area contributed by atoms with Crippen LogP contribution in [0.4, 0.5) is 0 Å². The molecule has 0 unspecified atom stereocenters. The van der Waals surface area contributed by atoms with Crippen molar-refractivity contribution in [1.29, 1.82) is 0 Å². The van der Waals surface area contributed by atoms with Crippen LogP contribution in [0.15, 0.2) is 26.2 Å². The van der Waals surface area contributed by atoms with Gasteiger partial charge in [0.2, 0.25) is 0 Å². The van der Waals surface area contributed by atoms with Gasteiger partial charge in [0.25, 0.3) is 0 Å². The van der Waals surface area contributed by atoms with E-state index in [1.54, 1.807) is 19.2 Å². The van der Waals surface area contributed by atoms with Crippen molar-refractivity contribution in [1.82, 2.24) is 10.7 Å². The molecule has 1 aromatic rings. The van der Waals surface area contributed by atoms with E-state index < -0.39 is 0 Å². The highest BCUT2D eigenvalue weighted by Gasteiger charge is 2.05. The predicted molar refractivity (Wildman–Crippen MR) is 91.3 cm³/mol. The van der Waals surface area contributed by atoms with Crippen molar-refractivity contribution in [3.8, 4) is 5.75 Å². The van der Waals surface area contributed by atoms with Gasteiger partial charge in [0.15, 0.2) is 5.11 Å². The van der Waals surface area contributed by atoms with Gasteiger partial charge < -0.3 is 15.2 Å². The van der Waals surface area contributed by atoms with Crippen LogP contribution in [0.5, 0.6) is 5.75 Å². The Morgan fingerprint density at radius 2 is 2.25 bits per heavy atom. The summed E-state index contributed by atoms with van der Waals surface area (Å²) in [5.41, 5.74) is 3.25. The van der Waals surface area contributed by atoms with E-state index in [9.17, 15) is 5.11 Å². The van der Waals surface area contributed by atoms with Crippen molar-refractivity contribution >= 4 is 55.4 Å². The van der Waals surface area contributed by atoms with E-state index in [-0.39, 0.29) is 5.75 Å². The number of hydrogen-bond donors (Lipinski definition) is 3. The molecule has 0 aliphatic heterocycles. The summed E-state index contributed by atoms with van der Waals surface area (Å²) >= 11 is 11.6. The van der Waals surface area contributed by atoms with Crippen molar-refractivity contribution in [2.75, 3.05) is 20.3 Å². The number of rotatable bonds is 6. The number of phenolic OH excluding ortho intramolecular Hbond substituents is 1. The fourth-order valence-electron chi connectivity index (χ4n) is 1.30. The number of phenols is 1. The molecule has 3 N–H and O–H groups in total. The topological polar surface area (TPSA) is 65.9 Å². The second kappa shape index (κ2) is 9.28. The number of thiocarbonyl (C=S) groups is 1. The summed E-state index contributed by atoms with van der Waals surface area (Å²) in [4.78, 5) is 0. The molecule has 0 amide bonds. The standard InChI is InChI=1S/C12H15Br2N3O2S/c1-19-4-2-3-15-12(20)17-16-7-8-5-9(13)6-10(14)11(8)18/h5-7,18H,2-4H2,1H3,(H2,15,17,20)/b16-7+. The van der Waals surface area contributed by atoms with E-state index in [4.69, 9.17) is 17.0 Å². The van der Waals surface area contributed by atoms with Gasteiger partial charge in [-0.05, 0) is 46.7 Å². The molecule has 5 nitrogen and oxygen atoms in total. The summed E-state index contributed by atoms with van der Waals surface area (Å²) in [6.45, 7) is 1.39. The van der Waals surface area contributed by atoms with Gasteiger partial charge in [0.05, 0.1) is 10.7 Å². The highest BCUT2D eigenvalue weighted by Crippen LogP contribution is 2.30. The number of nitrogens with zero attached hydrogens (tertiary/aromatic N) is 1. The minimum atomic E-state index is 0.123. The summed E-state index contributed by atoms with van der Waals surface area (Å²) < 4.78 is 6.36. The first-order chi connectivity index (χ1) is 9.54. The maximum atomic E-state index is 9.84. The summed E-state index contributed by atoms with van der Waals surface area (Å²) in [6, 6.07) is 3.50. The van der Waals surface area contributed by atoms with Crippen LogP contribution in [-0.2, 0) is 4.74 Å². The second-order valence-electron chi connectivity index (χ2n) is 3.80. The number of halogens is 2. The molecule has 0 aliphatic carbocycles. The largest absolute Gasteiger partial charge is 0.506 e. The second-order valence-corrected chi connectivity index (χ2v) is 5.98. The lowest BCUT2D eigenvalue weighted by Crippen LogP contribution is -2.33. The Morgan fingerprint density at radius 3 is 2.95 bits per heavy atom. The fourth-order valence-corrected chi connectivity index (χ4v) is 2.72. The summed E-state index contributed by atoms with van der Waals surface area (Å²) in [7, 11) is 1.66. The molecule has 1 rings (SSSR count). The highest BCUT2D eigenvalue weighted by molar-refractivity contribution is 9.11. The van der Waals surface area contributed by atoms with Crippen LogP contribution in [0, 0.1) is 0 Å². The monoisotopic (exact) mass is 423 g/mol. The average Bonchev–Trinajstić information content (AvgIpc) is 2.40. The van der Waals surface area contributed by atoms with E-state index in [2.05, 4.69) is 47.7 Å². The number of hydrogen-bond acceptors (Lipinski definition) is 4. The maximum Gasteiger partial charge on any atom is 0.186 e. The smallest absolute Gasteiger partial charge is 0.186 e. The number of hydrazone groups is 1. The van der Waals surface area contributed by atoms with Crippen molar-refractivity contribution < 1.29 is 9.84 Å². The molecule has 0 bridgehead atoms. The Labute approximate surface area is 140 Å². The maximum absolute atomic E-state index is 9.84. The van der Waals surface area contributed by atoms with Crippen molar-refractivity contribution in [3.05, 3.63) is 26.6 Å². The van der Waals surface area contributed by atoms with Gasteiger partial charge in [-0.2, -0.15) is 5.10 Å². The lowest BCUT2D eigenvalue weighted by molar-refractivity contribution is 0.195. The van der Waals surface area contributed by atoms with Gasteiger partial charge in [-0.3, -0.25) is 5.43 Å². The summed E-state index contributed by atoms with van der Waals surface area (Å²) in [5.74, 6) is 0.123. The van der Waals surface area contributed by atoms with E-state index in [1.165, 1.54) is 6.21 Å². The van der Waals surface area contributed by atoms with Crippen molar-refractivity contribution in [3.63, 3.8) is 0 Å². The molecule has 1 aromatic carbocycles. The minimum absolute atomic E-state index is 0.123. The molecule has 0 saturated heterocycles. The van der Waals surface area contributed by atoms with Crippen molar-refractivity contribution in [2.24, 2.45) is 5.10 Å². The first-order valence-corrected chi connectivity index (χ1v) is 7.78. The average molecular weight is 425 g/mol.